The molecule has 0 bridgehead atoms. The number of pyridine rings is 1. The van der Waals surface area contributed by atoms with Crippen molar-refractivity contribution in [3.8, 4) is 11.5 Å². The second-order valence-electron chi connectivity index (χ2n) is 2.80. The number of hydrogen-bond acceptors (Lipinski definition) is 3. The lowest BCUT2D eigenvalue weighted by molar-refractivity contribution is 0.102. The summed E-state index contributed by atoms with van der Waals surface area (Å²) in [5.41, 5.74) is 0. The van der Waals surface area contributed by atoms with Crippen molar-refractivity contribution in [2.45, 2.75) is 13.0 Å². The zero-order chi connectivity index (χ0) is 9.42. The molecule has 5 heteroatoms. The first kappa shape index (κ1) is 9.51. The summed E-state index contributed by atoms with van der Waals surface area (Å²) in [5.74, 6) is 1.48. The summed E-state index contributed by atoms with van der Waals surface area (Å²) in [6.07, 6.45) is 0.109. The highest BCUT2D eigenvalue weighted by Crippen LogP contribution is 2.37. The van der Waals surface area contributed by atoms with Crippen molar-refractivity contribution < 1.29 is 9.47 Å². The van der Waals surface area contributed by atoms with Crippen LogP contribution in [0.3, 0.4) is 0 Å². The van der Waals surface area contributed by atoms with Gasteiger partial charge < -0.3 is 9.47 Å². The van der Waals surface area contributed by atoms with E-state index in [0.29, 0.717) is 17.0 Å². The Morgan fingerprint density at radius 3 is 3.23 bits per heavy atom. The highest BCUT2D eigenvalue weighted by Gasteiger charge is 2.21. The van der Waals surface area contributed by atoms with Crippen LogP contribution in [-0.4, -0.2) is 17.7 Å². The van der Waals surface area contributed by atoms with Gasteiger partial charge in [0.2, 0.25) is 0 Å². The number of fused-ring (bicyclic) bond motifs is 1. The van der Waals surface area contributed by atoms with Crippen LogP contribution in [-0.2, 0) is 0 Å². The van der Waals surface area contributed by atoms with Gasteiger partial charge in [-0.25, -0.2) is 4.98 Å². The van der Waals surface area contributed by atoms with Gasteiger partial charge in [-0.2, -0.15) is 0 Å². The molecule has 0 fully saturated rings. The molecule has 1 aromatic rings. The minimum absolute atomic E-state index is 0.109. The standard InChI is InChI=1S/C8H7BrINO2/c1-4-3-12-7-5(13-4)2-6(10)11-8(7)9/h2,4H,3H2,1H3/t4-/m0/s1. The molecule has 0 amide bonds. The normalized spacial score (nSPS) is 20.1. The third-order valence-corrected chi connectivity index (χ3v) is 2.75. The van der Waals surface area contributed by atoms with Crippen molar-refractivity contribution in [3.05, 3.63) is 14.4 Å². The van der Waals surface area contributed by atoms with Crippen LogP contribution in [0.1, 0.15) is 6.92 Å². The largest absolute Gasteiger partial charge is 0.483 e. The Labute approximate surface area is 98.1 Å². The number of ether oxygens (including phenoxy) is 2. The van der Waals surface area contributed by atoms with Gasteiger partial charge >= 0.3 is 0 Å². The molecule has 0 N–H and O–H groups in total. The number of nitrogens with zero attached hydrogens (tertiary/aromatic N) is 1. The smallest absolute Gasteiger partial charge is 0.194 e. The van der Waals surface area contributed by atoms with E-state index in [1.807, 2.05) is 13.0 Å². The SMILES string of the molecule is C[C@H]1COc2c(cc(I)nc2Br)O1. The fourth-order valence-electron chi connectivity index (χ4n) is 1.12. The summed E-state index contributed by atoms with van der Waals surface area (Å²) < 4.78 is 12.7. The molecule has 3 nitrogen and oxygen atoms in total. The first-order valence-electron chi connectivity index (χ1n) is 3.82. The molecule has 0 saturated heterocycles. The molecule has 1 aliphatic heterocycles. The highest BCUT2D eigenvalue weighted by molar-refractivity contribution is 14.1. The van der Waals surface area contributed by atoms with E-state index >= 15 is 0 Å². The zero-order valence-electron chi connectivity index (χ0n) is 6.88. The molecule has 13 heavy (non-hydrogen) atoms. The highest BCUT2D eigenvalue weighted by atomic mass is 127. The topological polar surface area (TPSA) is 31.4 Å². The van der Waals surface area contributed by atoms with Crippen molar-refractivity contribution in [2.75, 3.05) is 6.61 Å². The Kier molecular flexibility index (Phi) is 2.64. The Hall–Kier alpha value is -0.0400. The van der Waals surface area contributed by atoms with Gasteiger partial charge in [0.1, 0.15) is 16.4 Å². The minimum atomic E-state index is 0.109. The van der Waals surface area contributed by atoms with E-state index in [1.54, 1.807) is 0 Å². The van der Waals surface area contributed by atoms with Crippen molar-refractivity contribution in [3.63, 3.8) is 0 Å². The van der Waals surface area contributed by atoms with Crippen LogP contribution >= 0.6 is 38.5 Å². The lowest BCUT2D eigenvalue weighted by Gasteiger charge is -2.24. The Morgan fingerprint density at radius 2 is 2.46 bits per heavy atom. The molecule has 70 valence electrons. The molecule has 1 aliphatic rings. The third-order valence-electron chi connectivity index (χ3n) is 1.66. The predicted octanol–water partition coefficient (Wildman–Crippen LogP) is 2.61. The van der Waals surface area contributed by atoms with Gasteiger partial charge in [0.15, 0.2) is 16.1 Å². The van der Waals surface area contributed by atoms with Crippen LogP contribution in [0, 0.1) is 3.70 Å². The first-order valence-corrected chi connectivity index (χ1v) is 5.69. The molecular weight excluding hydrogens is 349 g/mol. The maximum absolute atomic E-state index is 5.59. The average molecular weight is 356 g/mol. The van der Waals surface area contributed by atoms with Crippen LogP contribution in [0.15, 0.2) is 10.7 Å². The van der Waals surface area contributed by atoms with Crippen LogP contribution in [0.5, 0.6) is 11.5 Å². The molecule has 0 unspecified atom stereocenters. The fourth-order valence-corrected chi connectivity index (χ4v) is 2.48. The summed E-state index contributed by atoms with van der Waals surface area (Å²) >= 11 is 5.47. The van der Waals surface area contributed by atoms with Crippen LogP contribution < -0.4 is 9.47 Å². The van der Waals surface area contributed by atoms with E-state index in [-0.39, 0.29) is 6.10 Å². The van der Waals surface area contributed by atoms with Crippen molar-refractivity contribution in [1.29, 1.82) is 0 Å². The molecule has 0 aliphatic carbocycles. The van der Waals surface area contributed by atoms with Gasteiger partial charge in [0.05, 0.1) is 0 Å². The quantitative estimate of drug-likeness (QED) is 0.529. The molecule has 0 spiro atoms. The molecular formula is C8H7BrINO2. The fraction of sp³-hybridized carbons (Fsp3) is 0.375. The van der Waals surface area contributed by atoms with Crippen molar-refractivity contribution in [2.24, 2.45) is 0 Å². The van der Waals surface area contributed by atoms with Crippen molar-refractivity contribution >= 4 is 38.5 Å². The summed E-state index contributed by atoms with van der Waals surface area (Å²) in [7, 11) is 0. The monoisotopic (exact) mass is 355 g/mol. The summed E-state index contributed by atoms with van der Waals surface area (Å²) in [5, 5.41) is 0. The number of aromatic nitrogens is 1. The van der Waals surface area contributed by atoms with E-state index in [0.717, 1.165) is 9.45 Å². The van der Waals surface area contributed by atoms with Gasteiger partial charge in [-0.05, 0) is 45.4 Å². The maximum atomic E-state index is 5.59. The van der Waals surface area contributed by atoms with Gasteiger partial charge in [-0.15, -0.1) is 0 Å². The first-order chi connectivity index (χ1) is 6.16. The maximum Gasteiger partial charge on any atom is 0.194 e. The number of hydrogen-bond donors (Lipinski definition) is 0. The predicted molar refractivity (Wildman–Crippen MR) is 60.2 cm³/mol. The molecule has 1 atom stereocenters. The van der Waals surface area contributed by atoms with Gasteiger partial charge in [0.25, 0.3) is 0 Å². The summed E-state index contributed by atoms with van der Waals surface area (Å²) in [6.45, 7) is 2.55. The molecule has 2 heterocycles. The number of rotatable bonds is 0. The second-order valence-corrected chi connectivity index (χ2v) is 4.66. The van der Waals surface area contributed by atoms with Crippen molar-refractivity contribution in [1.82, 2.24) is 4.98 Å². The van der Waals surface area contributed by atoms with Crippen LogP contribution in [0.2, 0.25) is 0 Å². The van der Waals surface area contributed by atoms with E-state index in [4.69, 9.17) is 9.47 Å². The van der Waals surface area contributed by atoms with Gasteiger partial charge in [-0.3, -0.25) is 0 Å². The second kappa shape index (κ2) is 3.61. The average Bonchev–Trinajstić information content (AvgIpc) is 2.02. The van der Waals surface area contributed by atoms with E-state index < -0.39 is 0 Å². The number of halogens is 2. The molecule has 0 radical (unpaired) electrons. The third kappa shape index (κ3) is 1.90. The zero-order valence-corrected chi connectivity index (χ0v) is 10.6. The van der Waals surface area contributed by atoms with Gasteiger partial charge in [-0.1, -0.05) is 0 Å². The lowest BCUT2D eigenvalue weighted by atomic mass is 10.3. The minimum Gasteiger partial charge on any atom is -0.483 e. The molecule has 0 saturated carbocycles. The molecule has 2 rings (SSSR count). The summed E-state index contributed by atoms with van der Waals surface area (Å²) in [6, 6.07) is 1.87. The van der Waals surface area contributed by atoms with E-state index in [2.05, 4.69) is 43.5 Å². The van der Waals surface area contributed by atoms with Crippen LogP contribution in [0.4, 0.5) is 0 Å². The van der Waals surface area contributed by atoms with Gasteiger partial charge in [0, 0.05) is 6.07 Å². The Morgan fingerprint density at radius 1 is 1.69 bits per heavy atom. The Bertz CT molecular complexity index is 345. The van der Waals surface area contributed by atoms with Crippen LogP contribution in [0.25, 0.3) is 0 Å². The summed E-state index contributed by atoms with van der Waals surface area (Å²) in [4.78, 5) is 4.21. The Balaban J connectivity index is 2.47. The van der Waals surface area contributed by atoms with E-state index in [1.165, 1.54) is 0 Å². The molecule has 1 aromatic heterocycles. The molecule has 0 aromatic carbocycles. The lowest BCUT2D eigenvalue weighted by Crippen LogP contribution is -2.26. The van der Waals surface area contributed by atoms with E-state index in [9.17, 15) is 0 Å².